The number of ether oxygens (including phenoxy) is 1. The molecule has 0 heterocycles. The number of anilines is 1. The number of rotatable bonds is 5. The zero-order valence-corrected chi connectivity index (χ0v) is 14.6. The Labute approximate surface area is 154 Å². The second-order valence-electron chi connectivity index (χ2n) is 5.65. The molecule has 132 valence electrons. The van der Waals surface area contributed by atoms with Crippen LogP contribution < -0.4 is 10.1 Å². The molecule has 0 aliphatic heterocycles. The van der Waals surface area contributed by atoms with Crippen LogP contribution in [0, 0.1) is 10.1 Å². The Balaban J connectivity index is 1.78. The lowest BCUT2D eigenvalue weighted by Crippen LogP contribution is -2.30. The summed E-state index contributed by atoms with van der Waals surface area (Å²) in [5, 5.41) is 15.5. The molecule has 3 aromatic rings. The first kappa shape index (κ1) is 17.7. The molecule has 1 N–H and O–H groups in total. The minimum absolute atomic E-state index is 0.160. The van der Waals surface area contributed by atoms with Gasteiger partial charge in [0.2, 0.25) is 0 Å². The normalized spacial score (nSPS) is 11.8. The lowest BCUT2D eigenvalue weighted by atomic mass is 10.1. The highest BCUT2D eigenvalue weighted by atomic mass is 35.5. The third kappa shape index (κ3) is 3.75. The zero-order chi connectivity index (χ0) is 18.7. The van der Waals surface area contributed by atoms with E-state index in [0.29, 0.717) is 5.75 Å². The molecule has 0 aliphatic rings. The summed E-state index contributed by atoms with van der Waals surface area (Å²) >= 11 is 6.01. The van der Waals surface area contributed by atoms with Gasteiger partial charge in [-0.25, -0.2) is 0 Å². The van der Waals surface area contributed by atoms with E-state index < -0.39 is 16.9 Å². The average Bonchev–Trinajstić information content (AvgIpc) is 2.63. The van der Waals surface area contributed by atoms with Crippen LogP contribution >= 0.6 is 11.6 Å². The summed E-state index contributed by atoms with van der Waals surface area (Å²) in [6.45, 7) is 1.60. The molecular formula is C19H15ClN2O4. The first-order valence-corrected chi connectivity index (χ1v) is 8.23. The van der Waals surface area contributed by atoms with E-state index in [-0.39, 0.29) is 16.4 Å². The number of nitro groups is 1. The number of benzene rings is 3. The van der Waals surface area contributed by atoms with Crippen LogP contribution in [0.15, 0.2) is 60.7 Å². The van der Waals surface area contributed by atoms with Crippen molar-refractivity contribution in [1.82, 2.24) is 0 Å². The van der Waals surface area contributed by atoms with Crippen molar-refractivity contribution < 1.29 is 14.5 Å². The number of carbonyl (C=O) groups excluding carboxylic acids is 1. The van der Waals surface area contributed by atoms with Crippen molar-refractivity contribution in [2.75, 3.05) is 5.32 Å². The van der Waals surface area contributed by atoms with Crippen molar-refractivity contribution >= 4 is 39.7 Å². The molecule has 0 saturated heterocycles. The van der Waals surface area contributed by atoms with E-state index in [1.54, 1.807) is 13.0 Å². The van der Waals surface area contributed by atoms with Crippen LogP contribution in [0.2, 0.25) is 5.02 Å². The summed E-state index contributed by atoms with van der Waals surface area (Å²) in [6.07, 6.45) is -0.823. The maximum absolute atomic E-state index is 12.4. The van der Waals surface area contributed by atoms with Gasteiger partial charge in [0.1, 0.15) is 5.75 Å². The van der Waals surface area contributed by atoms with Crippen LogP contribution in [0.25, 0.3) is 10.8 Å². The van der Waals surface area contributed by atoms with Crippen LogP contribution in [0.5, 0.6) is 5.75 Å². The van der Waals surface area contributed by atoms with E-state index in [1.165, 1.54) is 18.2 Å². The Kier molecular flexibility index (Phi) is 5.04. The second kappa shape index (κ2) is 7.41. The Hall–Kier alpha value is -3.12. The number of nitrogens with one attached hydrogen (secondary N) is 1. The fourth-order valence-electron chi connectivity index (χ4n) is 2.50. The highest BCUT2D eigenvalue weighted by Crippen LogP contribution is 2.28. The van der Waals surface area contributed by atoms with E-state index in [1.807, 2.05) is 36.4 Å². The number of nitrogens with zero attached hydrogens (tertiary/aromatic N) is 1. The van der Waals surface area contributed by atoms with Crippen LogP contribution in [-0.4, -0.2) is 16.9 Å². The maximum Gasteiger partial charge on any atom is 0.271 e. The number of non-ortho nitro benzene ring substituents is 1. The summed E-state index contributed by atoms with van der Waals surface area (Å²) < 4.78 is 5.79. The lowest BCUT2D eigenvalue weighted by Gasteiger charge is -2.16. The van der Waals surface area contributed by atoms with E-state index >= 15 is 0 Å². The minimum atomic E-state index is -0.823. The molecule has 0 radical (unpaired) electrons. The Morgan fingerprint density at radius 1 is 1.15 bits per heavy atom. The predicted molar refractivity (Wildman–Crippen MR) is 101 cm³/mol. The molecular weight excluding hydrogens is 356 g/mol. The minimum Gasteiger partial charge on any atom is -0.480 e. The van der Waals surface area contributed by atoms with Crippen molar-refractivity contribution in [1.29, 1.82) is 0 Å². The molecule has 1 atom stereocenters. The molecule has 3 rings (SSSR count). The van der Waals surface area contributed by atoms with Crippen LogP contribution in [0.4, 0.5) is 11.4 Å². The second-order valence-corrected chi connectivity index (χ2v) is 6.06. The van der Waals surface area contributed by atoms with Gasteiger partial charge in [-0.05, 0) is 24.4 Å². The summed E-state index contributed by atoms with van der Waals surface area (Å²) in [6, 6.07) is 17.1. The smallest absolute Gasteiger partial charge is 0.271 e. The highest BCUT2D eigenvalue weighted by Gasteiger charge is 2.18. The molecule has 0 spiro atoms. The molecule has 0 fully saturated rings. The van der Waals surface area contributed by atoms with E-state index in [0.717, 1.165) is 10.8 Å². The largest absolute Gasteiger partial charge is 0.480 e. The summed E-state index contributed by atoms with van der Waals surface area (Å²) in [4.78, 5) is 22.7. The van der Waals surface area contributed by atoms with Gasteiger partial charge in [-0.2, -0.15) is 0 Å². The number of hydrogen-bond acceptors (Lipinski definition) is 4. The molecule has 1 unspecified atom stereocenters. The number of fused-ring (bicyclic) bond motifs is 1. The molecule has 0 aliphatic carbocycles. The Bertz CT molecular complexity index is 985. The highest BCUT2D eigenvalue weighted by molar-refractivity contribution is 6.33. The van der Waals surface area contributed by atoms with Crippen LogP contribution in [0.1, 0.15) is 6.92 Å². The number of halogens is 1. The average molecular weight is 371 g/mol. The van der Waals surface area contributed by atoms with Crippen LogP contribution in [-0.2, 0) is 4.79 Å². The zero-order valence-electron chi connectivity index (χ0n) is 13.8. The van der Waals surface area contributed by atoms with Crippen LogP contribution in [0.3, 0.4) is 0 Å². The molecule has 26 heavy (non-hydrogen) atoms. The number of amides is 1. The summed E-state index contributed by atoms with van der Waals surface area (Å²) in [7, 11) is 0. The van der Waals surface area contributed by atoms with Gasteiger partial charge in [0.05, 0.1) is 15.6 Å². The third-order valence-corrected chi connectivity index (χ3v) is 4.17. The van der Waals surface area contributed by atoms with Gasteiger partial charge in [-0.15, -0.1) is 0 Å². The Morgan fingerprint density at radius 3 is 2.65 bits per heavy atom. The van der Waals surface area contributed by atoms with Crippen molar-refractivity contribution in [3.05, 3.63) is 75.8 Å². The summed E-state index contributed by atoms with van der Waals surface area (Å²) in [5.41, 5.74) is 0.00608. The molecule has 0 bridgehead atoms. The number of nitro benzene ring substituents is 1. The maximum atomic E-state index is 12.4. The van der Waals surface area contributed by atoms with E-state index in [2.05, 4.69) is 5.32 Å². The number of carbonyl (C=O) groups is 1. The molecule has 3 aromatic carbocycles. The van der Waals surface area contributed by atoms with Gasteiger partial charge >= 0.3 is 0 Å². The van der Waals surface area contributed by atoms with Gasteiger partial charge in [-0.1, -0.05) is 48.0 Å². The van der Waals surface area contributed by atoms with E-state index in [4.69, 9.17) is 16.3 Å². The monoisotopic (exact) mass is 370 g/mol. The topological polar surface area (TPSA) is 81.5 Å². The predicted octanol–water partition coefficient (Wildman–Crippen LogP) is 4.81. The Morgan fingerprint density at radius 2 is 1.88 bits per heavy atom. The molecule has 7 heteroatoms. The van der Waals surface area contributed by atoms with Crippen molar-refractivity contribution in [2.45, 2.75) is 13.0 Å². The lowest BCUT2D eigenvalue weighted by molar-refractivity contribution is -0.384. The SMILES string of the molecule is CC(Oc1cccc2ccccc12)C(=O)Nc1cc([N+](=O)[O-])ccc1Cl. The molecule has 6 nitrogen and oxygen atoms in total. The van der Waals surface area contributed by atoms with Crippen molar-refractivity contribution in [2.24, 2.45) is 0 Å². The first-order valence-electron chi connectivity index (χ1n) is 7.85. The van der Waals surface area contributed by atoms with Gasteiger partial charge < -0.3 is 10.1 Å². The third-order valence-electron chi connectivity index (χ3n) is 3.84. The molecule has 0 saturated carbocycles. The van der Waals surface area contributed by atoms with Crippen molar-refractivity contribution in [3.8, 4) is 5.75 Å². The quantitative estimate of drug-likeness (QED) is 0.516. The molecule has 1 amide bonds. The summed E-state index contributed by atoms with van der Waals surface area (Å²) in [5.74, 6) is 0.122. The van der Waals surface area contributed by atoms with Gasteiger partial charge in [-0.3, -0.25) is 14.9 Å². The van der Waals surface area contributed by atoms with Gasteiger partial charge in [0, 0.05) is 17.5 Å². The fraction of sp³-hybridized carbons (Fsp3) is 0.105. The van der Waals surface area contributed by atoms with Crippen molar-refractivity contribution in [3.63, 3.8) is 0 Å². The first-order chi connectivity index (χ1) is 12.5. The van der Waals surface area contributed by atoms with Gasteiger partial charge in [0.15, 0.2) is 6.10 Å². The van der Waals surface area contributed by atoms with Gasteiger partial charge in [0.25, 0.3) is 11.6 Å². The fourth-order valence-corrected chi connectivity index (χ4v) is 2.66. The standard InChI is InChI=1S/C19H15ClN2O4/c1-12(26-18-8-4-6-13-5-2-3-7-15(13)18)19(23)21-17-11-14(22(24)25)9-10-16(17)20/h2-12H,1H3,(H,21,23). The van der Waals surface area contributed by atoms with E-state index in [9.17, 15) is 14.9 Å². The number of hydrogen-bond donors (Lipinski definition) is 1. The molecule has 0 aromatic heterocycles.